The lowest BCUT2D eigenvalue weighted by molar-refractivity contribution is 0.688. The zero-order valence-electron chi connectivity index (χ0n) is 12.0. The summed E-state index contributed by atoms with van der Waals surface area (Å²) in [5.41, 5.74) is 3.95. The first-order chi connectivity index (χ1) is 10.4. The Kier molecular flexibility index (Phi) is 3.20. The van der Waals surface area contributed by atoms with Gasteiger partial charge in [0.05, 0.1) is 0 Å². The molecule has 3 aromatic rings. The molecule has 1 aromatic carbocycles. The van der Waals surface area contributed by atoms with Gasteiger partial charge in [-0.3, -0.25) is 4.98 Å². The Morgan fingerprint density at radius 2 is 1.90 bits per heavy atom. The lowest BCUT2D eigenvalue weighted by Crippen LogP contribution is -2.15. The van der Waals surface area contributed by atoms with Gasteiger partial charge >= 0.3 is 0 Å². The molecule has 4 rings (SSSR count). The molecule has 0 spiro atoms. The highest BCUT2D eigenvalue weighted by Crippen LogP contribution is 2.22. The van der Waals surface area contributed by atoms with Crippen molar-refractivity contribution in [3.05, 3.63) is 66.1 Å². The van der Waals surface area contributed by atoms with E-state index in [9.17, 15) is 0 Å². The third-order valence-corrected chi connectivity index (χ3v) is 4.11. The minimum absolute atomic E-state index is 0.754. The van der Waals surface area contributed by atoms with E-state index >= 15 is 0 Å². The number of fused-ring (bicyclic) bond motifs is 1. The van der Waals surface area contributed by atoms with Crippen LogP contribution in [0.4, 0.5) is 0 Å². The highest BCUT2D eigenvalue weighted by atomic mass is 15.0. The predicted molar refractivity (Wildman–Crippen MR) is 85.1 cm³/mol. The zero-order valence-corrected chi connectivity index (χ0v) is 12.0. The second kappa shape index (κ2) is 5.34. The lowest BCUT2D eigenvalue weighted by atomic mass is 10.1. The number of rotatable bonds is 5. The van der Waals surface area contributed by atoms with Gasteiger partial charge < -0.3 is 9.88 Å². The Morgan fingerprint density at radius 1 is 1.05 bits per heavy atom. The topological polar surface area (TPSA) is 29.9 Å². The van der Waals surface area contributed by atoms with E-state index in [1.165, 1.54) is 34.9 Å². The van der Waals surface area contributed by atoms with Crippen molar-refractivity contribution in [1.82, 2.24) is 14.9 Å². The number of pyridine rings is 1. The van der Waals surface area contributed by atoms with Gasteiger partial charge in [0.1, 0.15) is 0 Å². The van der Waals surface area contributed by atoms with Crippen molar-refractivity contribution in [2.24, 2.45) is 0 Å². The molecule has 0 amide bonds. The van der Waals surface area contributed by atoms with Gasteiger partial charge in [-0.05, 0) is 53.6 Å². The van der Waals surface area contributed by atoms with Crippen LogP contribution in [0.2, 0.25) is 0 Å². The first-order valence-corrected chi connectivity index (χ1v) is 7.58. The molecule has 3 heteroatoms. The number of nitrogens with zero attached hydrogens (tertiary/aromatic N) is 2. The van der Waals surface area contributed by atoms with E-state index in [-0.39, 0.29) is 0 Å². The molecular formula is C18H19N3. The van der Waals surface area contributed by atoms with Crippen LogP contribution in [0.5, 0.6) is 0 Å². The first kappa shape index (κ1) is 12.6. The molecule has 3 nitrogen and oxygen atoms in total. The van der Waals surface area contributed by atoms with Gasteiger partial charge in [0, 0.05) is 43.2 Å². The van der Waals surface area contributed by atoms with Crippen LogP contribution in [0.25, 0.3) is 10.9 Å². The van der Waals surface area contributed by atoms with Crippen LogP contribution in [-0.2, 0) is 13.1 Å². The van der Waals surface area contributed by atoms with E-state index in [4.69, 9.17) is 0 Å². The minimum Gasteiger partial charge on any atom is -0.343 e. The van der Waals surface area contributed by atoms with Crippen LogP contribution in [0, 0.1) is 0 Å². The second-order valence-electron chi connectivity index (χ2n) is 5.85. The van der Waals surface area contributed by atoms with Crippen LogP contribution in [0.1, 0.15) is 24.0 Å². The van der Waals surface area contributed by atoms with E-state index in [0.717, 1.165) is 19.1 Å². The SMILES string of the molecule is c1cc(Cn2ccc3ccc(CNC4CC4)cc32)ccn1. The monoisotopic (exact) mass is 277 g/mol. The van der Waals surface area contributed by atoms with Crippen LogP contribution < -0.4 is 5.32 Å². The second-order valence-corrected chi connectivity index (χ2v) is 5.85. The highest BCUT2D eigenvalue weighted by molar-refractivity contribution is 5.81. The Balaban J connectivity index is 1.60. The fourth-order valence-electron chi connectivity index (χ4n) is 2.71. The first-order valence-electron chi connectivity index (χ1n) is 7.58. The summed E-state index contributed by atoms with van der Waals surface area (Å²) < 4.78 is 2.31. The lowest BCUT2D eigenvalue weighted by Gasteiger charge is -2.08. The smallest absolute Gasteiger partial charge is 0.0486 e. The van der Waals surface area contributed by atoms with E-state index in [1.807, 2.05) is 12.4 Å². The molecule has 0 aliphatic heterocycles. The molecule has 0 atom stereocenters. The van der Waals surface area contributed by atoms with Crippen molar-refractivity contribution in [1.29, 1.82) is 0 Å². The molecule has 2 heterocycles. The maximum atomic E-state index is 4.08. The normalized spacial score (nSPS) is 14.7. The minimum atomic E-state index is 0.754. The number of nitrogens with one attached hydrogen (secondary N) is 1. The molecule has 0 radical (unpaired) electrons. The molecular weight excluding hydrogens is 258 g/mol. The van der Waals surface area contributed by atoms with Gasteiger partial charge in [-0.2, -0.15) is 0 Å². The molecule has 1 N–H and O–H groups in total. The van der Waals surface area contributed by atoms with Crippen molar-refractivity contribution in [2.75, 3.05) is 0 Å². The van der Waals surface area contributed by atoms with Gasteiger partial charge in [-0.15, -0.1) is 0 Å². The van der Waals surface area contributed by atoms with Crippen molar-refractivity contribution in [2.45, 2.75) is 32.0 Å². The summed E-state index contributed by atoms with van der Waals surface area (Å²) in [6, 6.07) is 13.9. The van der Waals surface area contributed by atoms with E-state index < -0.39 is 0 Å². The molecule has 2 aromatic heterocycles. The standard InChI is InChI=1S/C18H19N3/c1-2-16-7-10-21(13-14-5-8-19-9-6-14)18(16)11-15(1)12-20-17-3-4-17/h1-2,5-11,17,20H,3-4,12-13H2. The van der Waals surface area contributed by atoms with Crippen molar-refractivity contribution in [3.63, 3.8) is 0 Å². The van der Waals surface area contributed by atoms with Crippen molar-refractivity contribution in [3.8, 4) is 0 Å². The average Bonchev–Trinajstić information content (AvgIpc) is 3.28. The van der Waals surface area contributed by atoms with Crippen molar-refractivity contribution < 1.29 is 0 Å². The highest BCUT2D eigenvalue weighted by Gasteiger charge is 2.19. The fraction of sp³-hybridized carbons (Fsp3) is 0.278. The molecule has 1 aliphatic rings. The third-order valence-electron chi connectivity index (χ3n) is 4.11. The van der Waals surface area contributed by atoms with Gasteiger partial charge in [-0.1, -0.05) is 12.1 Å². The molecule has 0 unspecified atom stereocenters. The summed E-state index contributed by atoms with van der Waals surface area (Å²) in [7, 11) is 0. The molecule has 1 fully saturated rings. The van der Waals surface area contributed by atoms with Crippen LogP contribution in [0.15, 0.2) is 55.0 Å². The number of hydrogen-bond donors (Lipinski definition) is 1. The van der Waals surface area contributed by atoms with E-state index in [2.05, 4.69) is 57.5 Å². The van der Waals surface area contributed by atoms with E-state index in [0.29, 0.717) is 0 Å². The molecule has 0 bridgehead atoms. The summed E-state index contributed by atoms with van der Waals surface area (Å²) in [5, 5.41) is 4.89. The number of hydrogen-bond acceptors (Lipinski definition) is 2. The summed E-state index contributed by atoms with van der Waals surface area (Å²) in [6.45, 7) is 1.87. The van der Waals surface area contributed by atoms with Gasteiger partial charge in [0.2, 0.25) is 0 Å². The Bertz CT molecular complexity index is 742. The molecule has 0 saturated heterocycles. The fourth-order valence-corrected chi connectivity index (χ4v) is 2.71. The van der Waals surface area contributed by atoms with Gasteiger partial charge in [0.15, 0.2) is 0 Å². The Labute approximate surface area is 124 Å². The van der Waals surface area contributed by atoms with Crippen LogP contribution in [0.3, 0.4) is 0 Å². The Hall–Kier alpha value is -2.13. The predicted octanol–water partition coefficient (Wildman–Crippen LogP) is 3.34. The summed E-state index contributed by atoms with van der Waals surface area (Å²) in [4.78, 5) is 4.08. The maximum Gasteiger partial charge on any atom is 0.0486 e. The zero-order chi connectivity index (χ0) is 14.1. The van der Waals surface area contributed by atoms with Gasteiger partial charge in [-0.25, -0.2) is 0 Å². The largest absolute Gasteiger partial charge is 0.343 e. The van der Waals surface area contributed by atoms with Gasteiger partial charge in [0.25, 0.3) is 0 Å². The average molecular weight is 277 g/mol. The third kappa shape index (κ3) is 2.83. The molecule has 21 heavy (non-hydrogen) atoms. The van der Waals surface area contributed by atoms with Crippen LogP contribution in [-0.4, -0.2) is 15.6 Å². The van der Waals surface area contributed by atoms with Crippen molar-refractivity contribution >= 4 is 10.9 Å². The number of benzene rings is 1. The molecule has 1 saturated carbocycles. The quantitative estimate of drug-likeness (QED) is 0.775. The number of aromatic nitrogens is 2. The van der Waals surface area contributed by atoms with Crippen LogP contribution >= 0.6 is 0 Å². The maximum absolute atomic E-state index is 4.08. The Morgan fingerprint density at radius 3 is 2.71 bits per heavy atom. The molecule has 1 aliphatic carbocycles. The molecule has 106 valence electrons. The summed E-state index contributed by atoms with van der Waals surface area (Å²) in [6.07, 6.45) is 8.54. The summed E-state index contributed by atoms with van der Waals surface area (Å²) >= 11 is 0. The summed E-state index contributed by atoms with van der Waals surface area (Å²) in [5.74, 6) is 0. The van der Waals surface area contributed by atoms with E-state index in [1.54, 1.807) is 0 Å².